The molecule has 0 aromatic heterocycles. The lowest BCUT2D eigenvalue weighted by Crippen LogP contribution is -2.43. The van der Waals surface area contributed by atoms with Crippen LogP contribution in [0.5, 0.6) is 11.5 Å². The van der Waals surface area contributed by atoms with Crippen LogP contribution in [0.1, 0.15) is 92.1 Å². The zero-order valence-electron chi connectivity index (χ0n) is 35.3. The molecule has 0 radical (unpaired) electrons. The standard InChI is InChI=1S/C42H69N3O11/c1-28(2)32(21-31-11-12-36(51-9)38(22-31)52-20-10-19-50-8)23-34-37(24-33(29(3)4)35(46)13-16-42(5,6)39(43)47)54-26-45(34)40(48)55-27-56-41(49)53-25-30-14-17-44(7)18-15-30/h11-12,22,28-30,32-34,37H,10,13-21,23-27H2,1-9H3,(H2,43,47)/t32-,33-,34-,37-/m0/s1. The zero-order valence-corrected chi connectivity index (χ0v) is 35.3. The zero-order chi connectivity index (χ0) is 41.4. The number of piperidine rings is 1. The summed E-state index contributed by atoms with van der Waals surface area (Å²) in [6.45, 7) is 14.4. The number of Topliss-reactive ketones (excluding diaryl/α,β-unsaturated/α-hetero) is 1. The highest BCUT2D eigenvalue weighted by molar-refractivity contribution is 5.84. The number of rotatable bonds is 23. The molecule has 2 aliphatic rings. The minimum Gasteiger partial charge on any atom is -0.493 e. The van der Waals surface area contributed by atoms with Crippen LogP contribution in [-0.4, -0.2) is 114 Å². The summed E-state index contributed by atoms with van der Waals surface area (Å²) >= 11 is 0. The quantitative estimate of drug-likeness (QED) is 0.0732. The number of nitrogens with two attached hydrogens (primary N) is 1. The Hall–Kier alpha value is -3.62. The molecule has 3 rings (SSSR count). The van der Waals surface area contributed by atoms with Crippen LogP contribution in [0.3, 0.4) is 0 Å². The number of nitrogens with zero attached hydrogens (tertiary/aromatic N) is 2. The van der Waals surface area contributed by atoms with Crippen LogP contribution < -0.4 is 15.2 Å². The molecule has 2 fully saturated rings. The first kappa shape index (κ1) is 46.8. The fourth-order valence-corrected chi connectivity index (χ4v) is 7.26. The Balaban J connectivity index is 1.77. The fraction of sp³-hybridized carbons (Fsp3) is 0.762. The second kappa shape index (κ2) is 23.0. The molecular weight excluding hydrogens is 722 g/mol. The van der Waals surface area contributed by atoms with Crippen LogP contribution in [0.2, 0.25) is 0 Å². The third-order valence-electron chi connectivity index (χ3n) is 11.5. The van der Waals surface area contributed by atoms with E-state index in [1.54, 1.807) is 28.1 Å². The summed E-state index contributed by atoms with van der Waals surface area (Å²) in [5.74, 6) is 1.05. The van der Waals surface area contributed by atoms with Gasteiger partial charge < -0.3 is 43.8 Å². The van der Waals surface area contributed by atoms with E-state index in [0.717, 1.165) is 37.9 Å². The second-order valence-corrected chi connectivity index (χ2v) is 16.8. The second-order valence-electron chi connectivity index (χ2n) is 16.8. The molecule has 0 bridgehead atoms. The van der Waals surface area contributed by atoms with E-state index in [0.29, 0.717) is 50.4 Å². The maximum atomic E-state index is 13.7. The van der Waals surface area contributed by atoms with Gasteiger partial charge in [0.1, 0.15) is 12.5 Å². The molecule has 4 atom stereocenters. The molecule has 1 aromatic carbocycles. The maximum absolute atomic E-state index is 13.7. The molecule has 0 saturated carbocycles. The smallest absolute Gasteiger partial charge is 0.493 e. The van der Waals surface area contributed by atoms with Crippen molar-refractivity contribution in [1.29, 1.82) is 0 Å². The molecule has 14 heteroatoms. The molecule has 318 valence electrons. The first-order valence-corrected chi connectivity index (χ1v) is 20.2. The minimum absolute atomic E-state index is 0.0131. The number of carbonyl (C=O) groups is 4. The highest BCUT2D eigenvalue weighted by Gasteiger charge is 2.43. The highest BCUT2D eigenvalue weighted by Crippen LogP contribution is 2.36. The Morgan fingerprint density at radius 3 is 2.29 bits per heavy atom. The summed E-state index contributed by atoms with van der Waals surface area (Å²) in [5.41, 5.74) is 5.83. The van der Waals surface area contributed by atoms with Gasteiger partial charge in [-0.3, -0.25) is 14.5 Å². The van der Waals surface area contributed by atoms with Gasteiger partial charge >= 0.3 is 12.2 Å². The SMILES string of the molecule is COCCCOc1cc(C[C@@H](C[C@H]2[C@H](C[C@H](C(=O)CCC(C)(C)C(N)=O)C(C)C)OCN2C(=O)OCOC(=O)OCC2CCN(C)CC2)C(C)C)ccc1OC. The van der Waals surface area contributed by atoms with Crippen molar-refractivity contribution >= 4 is 23.9 Å². The number of methoxy groups -OCH3 is 2. The monoisotopic (exact) mass is 791 g/mol. The van der Waals surface area contributed by atoms with E-state index >= 15 is 0 Å². The normalized spacial score (nSPS) is 19.2. The summed E-state index contributed by atoms with van der Waals surface area (Å²) in [7, 11) is 5.34. The molecule has 1 aromatic rings. The van der Waals surface area contributed by atoms with Crippen LogP contribution in [0.25, 0.3) is 0 Å². The van der Waals surface area contributed by atoms with Gasteiger partial charge in [0.2, 0.25) is 12.7 Å². The number of ether oxygens (including phenoxy) is 7. The topological polar surface area (TPSA) is 165 Å². The predicted octanol–water partition coefficient (Wildman–Crippen LogP) is 6.45. The Labute approximate surface area is 334 Å². The third-order valence-corrected chi connectivity index (χ3v) is 11.5. The van der Waals surface area contributed by atoms with Crippen molar-refractivity contribution < 1.29 is 52.3 Å². The van der Waals surface area contributed by atoms with Crippen molar-refractivity contribution in [3.05, 3.63) is 23.8 Å². The summed E-state index contributed by atoms with van der Waals surface area (Å²) in [4.78, 5) is 55.5. The van der Waals surface area contributed by atoms with Crippen LogP contribution in [0.4, 0.5) is 9.59 Å². The van der Waals surface area contributed by atoms with Crippen molar-refractivity contribution in [1.82, 2.24) is 9.80 Å². The number of ketones is 1. The van der Waals surface area contributed by atoms with Gasteiger partial charge in [-0.05, 0) is 100 Å². The van der Waals surface area contributed by atoms with E-state index in [1.165, 1.54) is 4.90 Å². The molecule has 2 amide bonds. The Morgan fingerprint density at radius 1 is 0.946 bits per heavy atom. The van der Waals surface area contributed by atoms with E-state index in [1.807, 2.05) is 32.0 Å². The third kappa shape index (κ3) is 14.7. The van der Waals surface area contributed by atoms with Crippen molar-refractivity contribution in [2.24, 2.45) is 40.7 Å². The summed E-state index contributed by atoms with van der Waals surface area (Å²) in [6.07, 6.45) is 2.73. The summed E-state index contributed by atoms with van der Waals surface area (Å²) in [5, 5.41) is 0. The van der Waals surface area contributed by atoms with Gasteiger partial charge in [-0.25, -0.2) is 9.59 Å². The average Bonchev–Trinajstić information content (AvgIpc) is 3.55. The van der Waals surface area contributed by atoms with Gasteiger partial charge in [0.05, 0.1) is 32.5 Å². The Morgan fingerprint density at radius 2 is 1.66 bits per heavy atom. The van der Waals surface area contributed by atoms with Gasteiger partial charge in [-0.1, -0.05) is 47.6 Å². The van der Waals surface area contributed by atoms with Crippen molar-refractivity contribution in [3.63, 3.8) is 0 Å². The lowest BCUT2D eigenvalue weighted by molar-refractivity contribution is -0.129. The van der Waals surface area contributed by atoms with Crippen LogP contribution in [0.15, 0.2) is 18.2 Å². The predicted molar refractivity (Wildman–Crippen MR) is 211 cm³/mol. The highest BCUT2D eigenvalue weighted by atomic mass is 16.8. The van der Waals surface area contributed by atoms with Crippen LogP contribution in [-0.2, 0) is 39.7 Å². The number of benzene rings is 1. The molecule has 56 heavy (non-hydrogen) atoms. The van der Waals surface area contributed by atoms with Gasteiger partial charge in [0, 0.05) is 37.9 Å². The summed E-state index contributed by atoms with van der Waals surface area (Å²) < 4.78 is 39.0. The molecule has 2 N–H and O–H groups in total. The van der Waals surface area contributed by atoms with Crippen molar-refractivity contribution in [2.45, 2.75) is 105 Å². The molecule has 2 saturated heterocycles. The van der Waals surface area contributed by atoms with E-state index in [4.69, 9.17) is 38.9 Å². The summed E-state index contributed by atoms with van der Waals surface area (Å²) in [6, 6.07) is 5.49. The minimum atomic E-state index is -0.886. The largest absolute Gasteiger partial charge is 0.511 e. The van der Waals surface area contributed by atoms with E-state index in [-0.39, 0.29) is 55.1 Å². The molecule has 2 heterocycles. The molecule has 2 aliphatic heterocycles. The molecule has 14 nitrogen and oxygen atoms in total. The average molecular weight is 792 g/mol. The number of likely N-dealkylation sites (tertiary alicyclic amines) is 1. The first-order valence-electron chi connectivity index (χ1n) is 20.2. The van der Waals surface area contributed by atoms with E-state index in [2.05, 4.69) is 25.8 Å². The Kier molecular flexibility index (Phi) is 19.2. The number of primary amides is 1. The first-order chi connectivity index (χ1) is 26.6. The lowest BCUT2D eigenvalue weighted by Gasteiger charge is -2.33. The van der Waals surface area contributed by atoms with Gasteiger partial charge in [0.25, 0.3) is 0 Å². The Bertz CT molecular complexity index is 1400. The maximum Gasteiger partial charge on any atom is 0.511 e. The fourth-order valence-electron chi connectivity index (χ4n) is 7.26. The molecule has 0 aliphatic carbocycles. The molecular formula is C42H69N3O11. The number of carbonyl (C=O) groups excluding carboxylic acids is 4. The van der Waals surface area contributed by atoms with Gasteiger partial charge in [-0.2, -0.15) is 0 Å². The van der Waals surface area contributed by atoms with Gasteiger partial charge in [-0.15, -0.1) is 0 Å². The molecule has 0 unspecified atom stereocenters. The number of hydrogen-bond donors (Lipinski definition) is 1. The number of amides is 2. The van der Waals surface area contributed by atoms with Crippen LogP contribution >= 0.6 is 0 Å². The van der Waals surface area contributed by atoms with E-state index in [9.17, 15) is 19.2 Å². The molecule has 0 spiro atoms. The lowest BCUT2D eigenvalue weighted by atomic mass is 9.78. The van der Waals surface area contributed by atoms with Crippen molar-refractivity contribution in [3.8, 4) is 11.5 Å². The van der Waals surface area contributed by atoms with Gasteiger partial charge in [0.15, 0.2) is 11.5 Å². The van der Waals surface area contributed by atoms with Crippen molar-refractivity contribution in [2.75, 3.05) is 67.7 Å². The van der Waals surface area contributed by atoms with Crippen LogP contribution in [0, 0.1) is 35.0 Å². The number of hydrogen-bond acceptors (Lipinski definition) is 12. The van der Waals surface area contributed by atoms with E-state index < -0.39 is 42.5 Å².